The van der Waals surface area contributed by atoms with Gasteiger partial charge in [0.05, 0.1) is 39.8 Å². The Balaban J connectivity index is 1.84. The van der Waals surface area contributed by atoms with Crippen LogP contribution in [0.5, 0.6) is 0 Å². The molecule has 0 aliphatic carbocycles. The van der Waals surface area contributed by atoms with Gasteiger partial charge in [-0.15, -0.1) is 0 Å². The number of unbranched alkanes of at least 4 members (excludes halogenated alkanes) is 6. The van der Waals surface area contributed by atoms with Crippen molar-refractivity contribution >= 4 is 12.2 Å². The molecule has 0 atom stereocenters. The zero-order valence-electron chi connectivity index (χ0n) is 16.6. The standard InChI is InChI=1S/C20H37N3O3/c1-23(16-10-6-11-17-23)15-9-4-5-12-18-26-20(25)22-14-8-3-2-7-13-21-19-24/h2-18H2,1H3/p+1. The molecule has 6 heteroatoms. The topological polar surface area (TPSA) is 67.8 Å². The summed E-state index contributed by atoms with van der Waals surface area (Å²) in [5.74, 6) is 0. The Labute approximate surface area is 159 Å². The number of quaternary nitrogens is 1. The zero-order chi connectivity index (χ0) is 18.9. The van der Waals surface area contributed by atoms with E-state index in [0.29, 0.717) is 19.7 Å². The summed E-state index contributed by atoms with van der Waals surface area (Å²) in [5.41, 5.74) is 0. The molecule has 1 aliphatic heterocycles. The second kappa shape index (κ2) is 14.7. The molecule has 1 rings (SSSR count). The summed E-state index contributed by atoms with van der Waals surface area (Å²) < 4.78 is 6.46. The number of amides is 1. The van der Waals surface area contributed by atoms with Gasteiger partial charge in [-0.25, -0.2) is 14.6 Å². The third-order valence-corrected chi connectivity index (χ3v) is 5.25. The second-order valence-corrected chi connectivity index (χ2v) is 7.72. The summed E-state index contributed by atoms with van der Waals surface area (Å²) in [6.45, 7) is 5.69. The molecule has 26 heavy (non-hydrogen) atoms. The number of carbonyl (C=O) groups is 1. The highest BCUT2D eigenvalue weighted by atomic mass is 16.5. The molecular weight excluding hydrogens is 330 g/mol. The first-order valence-corrected chi connectivity index (χ1v) is 10.4. The van der Waals surface area contributed by atoms with Crippen LogP contribution in [0.15, 0.2) is 4.99 Å². The zero-order valence-corrected chi connectivity index (χ0v) is 16.6. The molecule has 6 nitrogen and oxygen atoms in total. The third-order valence-electron chi connectivity index (χ3n) is 5.25. The lowest BCUT2D eigenvalue weighted by Crippen LogP contribution is -2.48. The lowest BCUT2D eigenvalue weighted by atomic mass is 10.1. The molecule has 1 saturated heterocycles. The minimum Gasteiger partial charge on any atom is -0.450 e. The van der Waals surface area contributed by atoms with E-state index in [1.807, 2.05) is 0 Å². The number of hydrogen-bond donors (Lipinski definition) is 1. The summed E-state index contributed by atoms with van der Waals surface area (Å²) in [6.07, 6.45) is 13.9. The minimum absolute atomic E-state index is 0.304. The summed E-state index contributed by atoms with van der Waals surface area (Å²) in [7, 11) is 2.39. The summed E-state index contributed by atoms with van der Waals surface area (Å²) in [5, 5.41) is 2.79. The van der Waals surface area contributed by atoms with Crippen LogP contribution in [0.3, 0.4) is 0 Å². The molecular formula is C20H38N3O3+. The Morgan fingerprint density at radius 2 is 1.69 bits per heavy atom. The van der Waals surface area contributed by atoms with Gasteiger partial charge in [0.25, 0.3) is 0 Å². The summed E-state index contributed by atoms with van der Waals surface area (Å²) in [4.78, 5) is 25.0. The van der Waals surface area contributed by atoms with Crippen LogP contribution >= 0.6 is 0 Å². The van der Waals surface area contributed by atoms with Crippen LogP contribution in [0.4, 0.5) is 4.79 Å². The highest BCUT2D eigenvalue weighted by Gasteiger charge is 2.23. The third kappa shape index (κ3) is 12.0. The van der Waals surface area contributed by atoms with Gasteiger partial charge in [0.15, 0.2) is 0 Å². The fraction of sp³-hybridized carbons (Fsp3) is 0.900. The van der Waals surface area contributed by atoms with Crippen LogP contribution < -0.4 is 5.32 Å². The Bertz CT molecular complexity index is 417. The van der Waals surface area contributed by atoms with Crippen LogP contribution in [0, 0.1) is 0 Å². The number of ether oxygens (including phenoxy) is 1. The minimum atomic E-state index is -0.304. The number of nitrogens with zero attached hydrogens (tertiary/aromatic N) is 2. The molecule has 0 aromatic carbocycles. The average Bonchev–Trinajstić information content (AvgIpc) is 2.63. The average molecular weight is 369 g/mol. The van der Waals surface area contributed by atoms with Gasteiger partial charge in [0.1, 0.15) is 0 Å². The number of nitrogens with one attached hydrogen (secondary N) is 1. The van der Waals surface area contributed by atoms with Crippen molar-refractivity contribution in [3.05, 3.63) is 0 Å². The lowest BCUT2D eigenvalue weighted by Gasteiger charge is -2.37. The van der Waals surface area contributed by atoms with Gasteiger partial charge in [-0.05, 0) is 57.8 Å². The first-order chi connectivity index (χ1) is 12.7. The number of rotatable bonds is 14. The van der Waals surface area contributed by atoms with Crippen LogP contribution in [-0.4, -0.2) is 63.0 Å². The van der Waals surface area contributed by atoms with Crippen LogP contribution in [0.25, 0.3) is 0 Å². The number of hydrogen-bond acceptors (Lipinski definition) is 4. The molecule has 1 N–H and O–H groups in total. The smallest absolute Gasteiger partial charge is 0.407 e. The number of aliphatic imine (C=N–C) groups is 1. The number of isocyanates is 1. The van der Waals surface area contributed by atoms with E-state index < -0.39 is 0 Å². The van der Waals surface area contributed by atoms with Crippen LogP contribution in [-0.2, 0) is 9.53 Å². The van der Waals surface area contributed by atoms with E-state index in [-0.39, 0.29) is 6.09 Å². The van der Waals surface area contributed by atoms with E-state index in [9.17, 15) is 9.59 Å². The van der Waals surface area contributed by atoms with Crippen molar-refractivity contribution in [2.45, 2.75) is 70.6 Å². The molecule has 0 radical (unpaired) electrons. The number of alkyl carbamates (subject to hydrolysis) is 1. The van der Waals surface area contributed by atoms with Gasteiger partial charge in [-0.1, -0.05) is 12.8 Å². The molecule has 0 saturated carbocycles. The van der Waals surface area contributed by atoms with Crippen LogP contribution in [0.1, 0.15) is 70.6 Å². The first kappa shape index (κ1) is 22.7. The number of piperidine rings is 1. The van der Waals surface area contributed by atoms with Gasteiger partial charge in [0, 0.05) is 6.54 Å². The molecule has 0 spiro atoms. The highest BCUT2D eigenvalue weighted by Crippen LogP contribution is 2.17. The Morgan fingerprint density at radius 3 is 2.46 bits per heavy atom. The predicted octanol–water partition coefficient (Wildman–Crippen LogP) is 3.80. The molecule has 0 aromatic heterocycles. The number of carbonyl (C=O) groups excluding carboxylic acids is 2. The van der Waals surface area contributed by atoms with E-state index in [0.717, 1.165) is 38.5 Å². The van der Waals surface area contributed by atoms with Crippen molar-refractivity contribution in [1.82, 2.24) is 5.32 Å². The van der Waals surface area contributed by atoms with Crippen LogP contribution in [0.2, 0.25) is 0 Å². The fourth-order valence-corrected chi connectivity index (χ4v) is 3.57. The molecule has 1 fully saturated rings. The van der Waals surface area contributed by atoms with Gasteiger partial charge in [0.2, 0.25) is 6.08 Å². The van der Waals surface area contributed by atoms with Crippen molar-refractivity contribution in [3.8, 4) is 0 Å². The molecule has 0 bridgehead atoms. The maximum atomic E-state index is 11.6. The van der Waals surface area contributed by atoms with Crippen molar-refractivity contribution in [2.75, 3.05) is 46.4 Å². The van der Waals surface area contributed by atoms with E-state index in [1.165, 1.54) is 62.3 Å². The van der Waals surface area contributed by atoms with Gasteiger partial charge >= 0.3 is 6.09 Å². The molecule has 0 unspecified atom stereocenters. The second-order valence-electron chi connectivity index (χ2n) is 7.72. The van der Waals surface area contributed by atoms with Crippen molar-refractivity contribution in [3.63, 3.8) is 0 Å². The highest BCUT2D eigenvalue weighted by molar-refractivity contribution is 5.66. The maximum absolute atomic E-state index is 11.6. The molecule has 1 aliphatic rings. The maximum Gasteiger partial charge on any atom is 0.407 e. The Morgan fingerprint density at radius 1 is 1.00 bits per heavy atom. The van der Waals surface area contributed by atoms with Gasteiger partial charge < -0.3 is 14.5 Å². The SMILES string of the molecule is C[N+]1(CCCCCCOC(=O)NCCCCCCN=C=O)CCCCC1. The van der Waals surface area contributed by atoms with Crippen molar-refractivity contribution in [1.29, 1.82) is 0 Å². The quantitative estimate of drug-likeness (QED) is 0.219. The Kier molecular flexibility index (Phi) is 12.8. The molecule has 1 amide bonds. The number of likely N-dealkylation sites (tertiary alicyclic amines) is 1. The largest absolute Gasteiger partial charge is 0.450 e. The van der Waals surface area contributed by atoms with E-state index in [2.05, 4.69) is 17.4 Å². The Hall–Kier alpha value is -1.39. The monoisotopic (exact) mass is 368 g/mol. The lowest BCUT2D eigenvalue weighted by molar-refractivity contribution is -0.914. The summed E-state index contributed by atoms with van der Waals surface area (Å²) in [6, 6.07) is 0. The molecule has 1 heterocycles. The van der Waals surface area contributed by atoms with E-state index in [4.69, 9.17) is 4.74 Å². The molecule has 150 valence electrons. The van der Waals surface area contributed by atoms with E-state index in [1.54, 1.807) is 0 Å². The van der Waals surface area contributed by atoms with Gasteiger partial charge in [-0.2, -0.15) is 0 Å². The fourth-order valence-electron chi connectivity index (χ4n) is 3.57. The summed E-state index contributed by atoms with van der Waals surface area (Å²) >= 11 is 0. The molecule has 0 aromatic rings. The van der Waals surface area contributed by atoms with Crippen molar-refractivity contribution < 1.29 is 18.8 Å². The van der Waals surface area contributed by atoms with Gasteiger partial charge in [-0.3, -0.25) is 0 Å². The first-order valence-electron chi connectivity index (χ1n) is 10.4. The van der Waals surface area contributed by atoms with Crippen molar-refractivity contribution in [2.24, 2.45) is 4.99 Å². The predicted molar refractivity (Wildman–Crippen MR) is 104 cm³/mol. The normalized spacial score (nSPS) is 15.9. The van der Waals surface area contributed by atoms with E-state index >= 15 is 0 Å².